The molecule has 2 rings (SSSR count). The van der Waals surface area contributed by atoms with Crippen molar-refractivity contribution in [2.45, 2.75) is 23.8 Å². The molecule has 1 saturated heterocycles. The minimum absolute atomic E-state index is 0.255. The van der Waals surface area contributed by atoms with E-state index in [1.54, 1.807) is 23.6 Å². The summed E-state index contributed by atoms with van der Waals surface area (Å²) in [6, 6.07) is 2.14. The predicted octanol–water partition coefficient (Wildman–Crippen LogP) is 0.838. The van der Waals surface area contributed by atoms with Crippen molar-refractivity contribution in [3.63, 3.8) is 0 Å². The summed E-state index contributed by atoms with van der Waals surface area (Å²) in [7, 11) is 2.32. The van der Waals surface area contributed by atoms with Crippen molar-refractivity contribution in [1.82, 2.24) is 14.2 Å². The van der Waals surface area contributed by atoms with Crippen molar-refractivity contribution in [3.8, 4) is 0 Å². The van der Waals surface area contributed by atoms with Crippen LogP contribution in [-0.2, 0) is 10.0 Å². The second-order valence-electron chi connectivity index (χ2n) is 5.22. The molecular formula is C13H22N4O2S. The van der Waals surface area contributed by atoms with Gasteiger partial charge in [0.1, 0.15) is 4.90 Å². The largest absolute Gasteiger partial charge is 0.387 e. The van der Waals surface area contributed by atoms with Crippen LogP contribution in [0, 0.1) is 0 Å². The summed E-state index contributed by atoms with van der Waals surface area (Å²) in [6.07, 6.45) is 4.73. The van der Waals surface area contributed by atoms with Crippen LogP contribution in [0.4, 0.5) is 5.69 Å². The van der Waals surface area contributed by atoms with Gasteiger partial charge in [-0.05, 0) is 33.0 Å². The van der Waals surface area contributed by atoms with E-state index in [1.807, 2.05) is 14.1 Å². The molecule has 0 spiro atoms. The lowest BCUT2D eigenvalue weighted by Crippen LogP contribution is -2.44. The zero-order valence-corrected chi connectivity index (χ0v) is 13.0. The second-order valence-corrected chi connectivity index (χ2v) is 7.13. The van der Waals surface area contributed by atoms with Gasteiger partial charge in [-0.3, -0.25) is 4.98 Å². The summed E-state index contributed by atoms with van der Waals surface area (Å²) in [4.78, 5) is 6.36. The van der Waals surface area contributed by atoms with E-state index in [0.29, 0.717) is 24.8 Å². The van der Waals surface area contributed by atoms with Gasteiger partial charge in [-0.25, -0.2) is 8.42 Å². The Balaban J connectivity index is 2.20. The van der Waals surface area contributed by atoms with Gasteiger partial charge in [-0.2, -0.15) is 4.31 Å². The van der Waals surface area contributed by atoms with Crippen molar-refractivity contribution in [2.24, 2.45) is 0 Å². The van der Waals surface area contributed by atoms with Crippen molar-refractivity contribution in [1.29, 1.82) is 0 Å². The van der Waals surface area contributed by atoms with Crippen LogP contribution in [0.3, 0.4) is 0 Å². The summed E-state index contributed by atoms with van der Waals surface area (Å²) >= 11 is 0. The van der Waals surface area contributed by atoms with E-state index in [9.17, 15) is 8.42 Å². The van der Waals surface area contributed by atoms with Crippen LogP contribution in [0.5, 0.6) is 0 Å². The molecule has 0 saturated carbocycles. The number of hydrogen-bond donors (Lipinski definition) is 1. The first-order valence-corrected chi connectivity index (χ1v) is 8.19. The van der Waals surface area contributed by atoms with Crippen molar-refractivity contribution >= 4 is 15.7 Å². The first-order valence-electron chi connectivity index (χ1n) is 6.75. The van der Waals surface area contributed by atoms with Crippen molar-refractivity contribution < 1.29 is 8.42 Å². The Hall–Kier alpha value is -1.18. The summed E-state index contributed by atoms with van der Waals surface area (Å²) in [5.74, 6) is 0. The maximum atomic E-state index is 12.7. The van der Waals surface area contributed by atoms with Gasteiger partial charge in [-0.1, -0.05) is 0 Å². The molecule has 0 amide bonds. The van der Waals surface area contributed by atoms with Crippen LogP contribution in [0.25, 0.3) is 0 Å². The number of aromatic nitrogens is 1. The lowest BCUT2D eigenvalue weighted by molar-refractivity contribution is 0.196. The highest BCUT2D eigenvalue weighted by molar-refractivity contribution is 7.89. The van der Waals surface area contributed by atoms with Crippen molar-refractivity contribution in [2.75, 3.05) is 39.5 Å². The monoisotopic (exact) mass is 298 g/mol. The Morgan fingerprint density at radius 2 is 2.00 bits per heavy atom. The van der Waals surface area contributed by atoms with E-state index in [4.69, 9.17) is 0 Å². The van der Waals surface area contributed by atoms with Gasteiger partial charge < -0.3 is 10.2 Å². The van der Waals surface area contributed by atoms with Gasteiger partial charge in [-0.15, -0.1) is 0 Å². The molecule has 20 heavy (non-hydrogen) atoms. The highest BCUT2D eigenvalue weighted by Gasteiger charge is 2.31. The second kappa shape index (κ2) is 6.07. The molecule has 0 atom stereocenters. The van der Waals surface area contributed by atoms with Crippen molar-refractivity contribution in [3.05, 3.63) is 18.5 Å². The zero-order chi connectivity index (χ0) is 14.8. The number of pyridine rings is 1. The van der Waals surface area contributed by atoms with Gasteiger partial charge in [0, 0.05) is 38.6 Å². The number of nitrogens with zero attached hydrogens (tertiary/aromatic N) is 3. The summed E-state index contributed by atoms with van der Waals surface area (Å²) in [5.41, 5.74) is 0.592. The number of rotatable bonds is 4. The molecule has 1 aromatic heterocycles. The smallest absolute Gasteiger partial charge is 0.246 e. The van der Waals surface area contributed by atoms with E-state index < -0.39 is 10.0 Å². The van der Waals surface area contributed by atoms with Crippen LogP contribution in [0.1, 0.15) is 12.8 Å². The maximum Gasteiger partial charge on any atom is 0.246 e. The number of sulfonamides is 1. The normalized spacial score (nSPS) is 18.4. The molecule has 0 bridgehead atoms. The molecule has 1 fully saturated rings. The van der Waals surface area contributed by atoms with Crippen LogP contribution in [0.15, 0.2) is 23.4 Å². The SMILES string of the molecule is CNc1ccncc1S(=O)(=O)N1CCC(N(C)C)CC1. The molecule has 0 aromatic carbocycles. The van der Waals surface area contributed by atoms with E-state index in [0.717, 1.165) is 12.8 Å². The zero-order valence-electron chi connectivity index (χ0n) is 12.2. The molecule has 1 aromatic rings. The fourth-order valence-electron chi connectivity index (χ4n) is 2.53. The Kier molecular flexibility index (Phi) is 4.62. The number of piperidine rings is 1. The molecule has 1 N–H and O–H groups in total. The number of hydrogen-bond acceptors (Lipinski definition) is 5. The average molecular weight is 298 g/mol. The molecule has 2 heterocycles. The fourth-order valence-corrected chi connectivity index (χ4v) is 4.14. The summed E-state index contributed by atoms with van der Waals surface area (Å²) in [6.45, 7) is 1.12. The Morgan fingerprint density at radius 3 is 2.55 bits per heavy atom. The molecule has 0 aliphatic carbocycles. The Labute approximate surface area is 120 Å². The third-order valence-corrected chi connectivity index (χ3v) is 5.75. The minimum Gasteiger partial charge on any atom is -0.387 e. The van der Waals surface area contributed by atoms with Gasteiger partial charge in [0.2, 0.25) is 10.0 Å². The molecule has 1 aliphatic rings. The van der Waals surface area contributed by atoms with Gasteiger partial charge in [0.15, 0.2) is 0 Å². The van der Waals surface area contributed by atoms with E-state index in [2.05, 4.69) is 15.2 Å². The highest BCUT2D eigenvalue weighted by atomic mass is 32.2. The topological polar surface area (TPSA) is 65.5 Å². The van der Waals surface area contributed by atoms with E-state index in [-0.39, 0.29) is 4.90 Å². The molecule has 112 valence electrons. The molecule has 6 nitrogen and oxygen atoms in total. The first-order chi connectivity index (χ1) is 9.46. The molecule has 0 unspecified atom stereocenters. The Bertz CT molecular complexity index is 551. The van der Waals surface area contributed by atoms with Crippen LogP contribution < -0.4 is 5.32 Å². The van der Waals surface area contributed by atoms with E-state index in [1.165, 1.54) is 6.20 Å². The molecular weight excluding hydrogens is 276 g/mol. The maximum absolute atomic E-state index is 12.7. The standard InChI is InChI=1S/C13H22N4O2S/c1-14-12-4-7-15-10-13(12)20(18,19)17-8-5-11(6-9-17)16(2)3/h4,7,10-11H,5-6,8-9H2,1-3H3,(H,14,15). The fraction of sp³-hybridized carbons (Fsp3) is 0.615. The molecule has 1 aliphatic heterocycles. The lowest BCUT2D eigenvalue weighted by atomic mass is 10.1. The van der Waals surface area contributed by atoms with Crippen LogP contribution in [-0.4, -0.2) is 62.9 Å². The van der Waals surface area contributed by atoms with E-state index >= 15 is 0 Å². The minimum atomic E-state index is -3.46. The number of nitrogens with one attached hydrogen (secondary N) is 1. The first kappa shape index (κ1) is 15.2. The molecule has 7 heteroatoms. The van der Waals surface area contributed by atoms with Gasteiger partial charge in [0.05, 0.1) is 5.69 Å². The summed E-state index contributed by atoms with van der Waals surface area (Å²) in [5, 5.41) is 2.91. The van der Waals surface area contributed by atoms with Gasteiger partial charge in [0.25, 0.3) is 0 Å². The highest BCUT2D eigenvalue weighted by Crippen LogP contribution is 2.26. The molecule has 0 radical (unpaired) electrons. The average Bonchev–Trinajstić information content (AvgIpc) is 2.47. The lowest BCUT2D eigenvalue weighted by Gasteiger charge is -2.34. The third-order valence-electron chi connectivity index (χ3n) is 3.83. The third kappa shape index (κ3) is 2.94. The summed E-state index contributed by atoms with van der Waals surface area (Å²) < 4.78 is 26.9. The van der Waals surface area contributed by atoms with Crippen LogP contribution >= 0.6 is 0 Å². The quantitative estimate of drug-likeness (QED) is 0.892. The number of anilines is 1. The predicted molar refractivity (Wildman–Crippen MR) is 79.3 cm³/mol. The van der Waals surface area contributed by atoms with Crippen LogP contribution in [0.2, 0.25) is 0 Å². The Morgan fingerprint density at radius 1 is 1.35 bits per heavy atom. The van der Waals surface area contributed by atoms with Gasteiger partial charge >= 0.3 is 0 Å².